The molecule has 0 bridgehead atoms. The van der Waals surface area contributed by atoms with E-state index >= 15 is 0 Å². The van der Waals surface area contributed by atoms with E-state index in [4.69, 9.17) is 0 Å². The molecule has 0 radical (unpaired) electrons. The molecule has 0 saturated carbocycles. The fraction of sp³-hybridized carbons (Fsp3) is 0.647. The van der Waals surface area contributed by atoms with Crippen LogP contribution in [-0.2, 0) is 19.3 Å². The van der Waals surface area contributed by atoms with Crippen LogP contribution in [0.3, 0.4) is 0 Å². The van der Waals surface area contributed by atoms with Crippen LogP contribution in [0.2, 0.25) is 0 Å². The number of phenolic OH excluding ortho intramolecular Hbond substituents is 1. The predicted octanol–water partition coefficient (Wildman–Crippen LogP) is 3.88. The van der Waals surface area contributed by atoms with E-state index in [1.807, 2.05) is 0 Å². The number of nitrogens with one attached hydrogen (secondary N) is 1. The molecule has 2 N–H and O–H groups in total. The van der Waals surface area contributed by atoms with Gasteiger partial charge in [0.15, 0.2) is 0 Å². The van der Waals surface area contributed by atoms with Gasteiger partial charge in [0.2, 0.25) is 0 Å². The molecule has 1 fully saturated rings. The summed E-state index contributed by atoms with van der Waals surface area (Å²) in [4.78, 5) is 0. The summed E-state index contributed by atoms with van der Waals surface area (Å²) in [6, 6.07) is 0. The third kappa shape index (κ3) is 2.62. The zero-order valence-corrected chi connectivity index (χ0v) is 13.9. The van der Waals surface area contributed by atoms with E-state index in [2.05, 4.69) is 28.2 Å². The van der Waals surface area contributed by atoms with Crippen LogP contribution in [0.4, 0.5) is 0 Å². The fourth-order valence-electron chi connectivity index (χ4n) is 3.83. The van der Waals surface area contributed by atoms with Crippen LogP contribution < -0.4 is 5.32 Å². The minimum absolute atomic E-state index is 0.508. The molecule has 1 atom stereocenters. The van der Waals surface area contributed by atoms with Gasteiger partial charge in [0.25, 0.3) is 0 Å². The molecule has 2 nitrogen and oxygen atoms in total. The Labute approximate surface area is 130 Å². The van der Waals surface area contributed by atoms with Crippen molar-refractivity contribution in [3.63, 3.8) is 0 Å². The van der Waals surface area contributed by atoms with E-state index < -0.39 is 0 Å². The second-order valence-electron chi connectivity index (χ2n) is 6.35. The molecule has 1 aromatic rings. The van der Waals surface area contributed by atoms with Crippen LogP contribution >= 0.6 is 15.9 Å². The minimum atomic E-state index is 0.508. The highest BCUT2D eigenvalue weighted by Gasteiger charge is 2.24. The molecule has 110 valence electrons. The van der Waals surface area contributed by atoms with E-state index in [1.54, 1.807) is 0 Å². The number of rotatable bonds is 2. The molecule has 0 amide bonds. The van der Waals surface area contributed by atoms with Crippen molar-refractivity contribution in [3.8, 4) is 5.75 Å². The predicted molar refractivity (Wildman–Crippen MR) is 86.5 cm³/mol. The summed E-state index contributed by atoms with van der Waals surface area (Å²) in [7, 11) is 0. The van der Waals surface area contributed by atoms with Gasteiger partial charge in [-0.25, -0.2) is 0 Å². The first kappa shape index (κ1) is 14.4. The van der Waals surface area contributed by atoms with Crippen LogP contribution in [0.1, 0.15) is 47.9 Å². The van der Waals surface area contributed by atoms with E-state index in [0.717, 1.165) is 30.4 Å². The molecule has 1 aliphatic carbocycles. The molecule has 1 heterocycles. The molecular weight excluding hydrogens is 314 g/mol. The first-order valence-corrected chi connectivity index (χ1v) is 8.70. The van der Waals surface area contributed by atoms with Crippen LogP contribution in [0.5, 0.6) is 5.75 Å². The summed E-state index contributed by atoms with van der Waals surface area (Å²) in [5.74, 6) is 1.18. The Hall–Kier alpha value is -0.540. The highest BCUT2D eigenvalue weighted by molar-refractivity contribution is 9.10. The Balaban J connectivity index is 1.95. The highest BCUT2D eigenvalue weighted by atomic mass is 79.9. The lowest BCUT2D eigenvalue weighted by molar-refractivity contribution is 0.368. The number of fused-ring (bicyclic) bond motifs is 1. The molecular formula is C17H24BrNO. The molecule has 2 aliphatic rings. The fourth-order valence-corrected chi connectivity index (χ4v) is 4.51. The Morgan fingerprint density at radius 2 is 1.95 bits per heavy atom. The van der Waals surface area contributed by atoms with Gasteiger partial charge in [0.05, 0.1) is 4.47 Å². The van der Waals surface area contributed by atoms with E-state index in [0.29, 0.717) is 11.7 Å². The van der Waals surface area contributed by atoms with Gasteiger partial charge in [-0.05, 0) is 109 Å². The van der Waals surface area contributed by atoms with Crippen molar-refractivity contribution in [3.05, 3.63) is 26.7 Å². The van der Waals surface area contributed by atoms with Crippen molar-refractivity contribution >= 4 is 15.9 Å². The summed E-state index contributed by atoms with van der Waals surface area (Å²) in [6.07, 6.45) is 8.37. The number of piperidine rings is 1. The van der Waals surface area contributed by atoms with Gasteiger partial charge in [-0.3, -0.25) is 0 Å². The number of hydrogen-bond acceptors (Lipinski definition) is 2. The second kappa shape index (κ2) is 6.07. The quantitative estimate of drug-likeness (QED) is 0.858. The van der Waals surface area contributed by atoms with E-state index in [9.17, 15) is 5.11 Å². The standard InChI is InChI=1S/C17H24BrNO/c1-11-13-6-2-3-7-14(13)16(18)17(20)15(11)9-12-5-4-8-19-10-12/h12,19-20H,2-10H2,1H3. The monoisotopic (exact) mass is 337 g/mol. The maximum Gasteiger partial charge on any atom is 0.133 e. The molecule has 1 aromatic carbocycles. The average molecular weight is 338 g/mol. The van der Waals surface area contributed by atoms with Crippen LogP contribution in [-0.4, -0.2) is 18.2 Å². The lowest BCUT2D eigenvalue weighted by Crippen LogP contribution is -2.31. The van der Waals surface area contributed by atoms with Gasteiger partial charge in [-0.2, -0.15) is 0 Å². The average Bonchev–Trinajstić information content (AvgIpc) is 2.50. The van der Waals surface area contributed by atoms with Crippen LogP contribution in [0.25, 0.3) is 0 Å². The zero-order valence-electron chi connectivity index (χ0n) is 12.3. The summed E-state index contributed by atoms with van der Waals surface area (Å²) in [6.45, 7) is 4.45. The number of benzene rings is 1. The third-order valence-corrected chi connectivity index (χ3v) is 5.88. The van der Waals surface area contributed by atoms with E-state index in [1.165, 1.54) is 54.4 Å². The van der Waals surface area contributed by atoms with Crippen molar-refractivity contribution in [1.29, 1.82) is 0 Å². The highest BCUT2D eigenvalue weighted by Crippen LogP contribution is 2.41. The van der Waals surface area contributed by atoms with Gasteiger partial charge in [0, 0.05) is 0 Å². The molecule has 0 aromatic heterocycles. The summed E-state index contributed by atoms with van der Waals surface area (Å²) in [5, 5.41) is 14.1. The van der Waals surface area contributed by atoms with Gasteiger partial charge >= 0.3 is 0 Å². The zero-order chi connectivity index (χ0) is 14.1. The van der Waals surface area contributed by atoms with Crippen molar-refractivity contribution in [1.82, 2.24) is 5.32 Å². The van der Waals surface area contributed by atoms with Crippen molar-refractivity contribution in [2.75, 3.05) is 13.1 Å². The Bertz CT molecular complexity index is 506. The molecule has 1 aliphatic heterocycles. The number of hydrogen-bond donors (Lipinski definition) is 2. The Morgan fingerprint density at radius 3 is 2.65 bits per heavy atom. The first-order chi connectivity index (χ1) is 9.68. The molecule has 20 heavy (non-hydrogen) atoms. The van der Waals surface area contributed by atoms with Crippen molar-refractivity contribution in [2.45, 2.75) is 51.9 Å². The van der Waals surface area contributed by atoms with Crippen molar-refractivity contribution < 1.29 is 5.11 Å². The minimum Gasteiger partial charge on any atom is -0.506 e. The summed E-state index contributed by atoms with van der Waals surface area (Å²) in [5.41, 5.74) is 5.40. The first-order valence-electron chi connectivity index (χ1n) is 7.91. The Morgan fingerprint density at radius 1 is 1.20 bits per heavy atom. The molecule has 1 unspecified atom stereocenters. The smallest absolute Gasteiger partial charge is 0.133 e. The number of aromatic hydroxyl groups is 1. The molecule has 3 heteroatoms. The van der Waals surface area contributed by atoms with Crippen molar-refractivity contribution in [2.24, 2.45) is 5.92 Å². The number of halogens is 1. The summed E-state index contributed by atoms with van der Waals surface area (Å²) >= 11 is 3.65. The maximum absolute atomic E-state index is 10.6. The normalized spacial score (nSPS) is 22.6. The summed E-state index contributed by atoms with van der Waals surface area (Å²) < 4.78 is 0.969. The number of phenols is 1. The van der Waals surface area contributed by atoms with Gasteiger partial charge in [0.1, 0.15) is 5.75 Å². The third-order valence-electron chi connectivity index (χ3n) is 5.02. The largest absolute Gasteiger partial charge is 0.506 e. The van der Waals surface area contributed by atoms with E-state index in [-0.39, 0.29) is 0 Å². The van der Waals surface area contributed by atoms with Crippen LogP contribution in [0.15, 0.2) is 4.47 Å². The molecule has 0 spiro atoms. The maximum atomic E-state index is 10.6. The van der Waals surface area contributed by atoms with Gasteiger partial charge < -0.3 is 10.4 Å². The second-order valence-corrected chi connectivity index (χ2v) is 7.14. The molecule has 1 saturated heterocycles. The Kier molecular flexibility index (Phi) is 4.37. The van der Waals surface area contributed by atoms with Crippen LogP contribution in [0, 0.1) is 12.8 Å². The SMILES string of the molecule is Cc1c(CC2CCCNC2)c(O)c(Br)c2c1CCCC2. The lowest BCUT2D eigenvalue weighted by Gasteiger charge is -2.27. The molecule has 3 rings (SSSR count). The topological polar surface area (TPSA) is 32.3 Å². The lowest BCUT2D eigenvalue weighted by atomic mass is 9.82. The van der Waals surface area contributed by atoms with Gasteiger partial charge in [-0.1, -0.05) is 0 Å². The van der Waals surface area contributed by atoms with Gasteiger partial charge in [-0.15, -0.1) is 0 Å².